The zero-order chi connectivity index (χ0) is 26.6. The van der Waals surface area contributed by atoms with Crippen molar-refractivity contribution in [2.24, 2.45) is 5.73 Å². The Kier molecular flexibility index (Phi) is 7.61. The molecule has 0 fully saturated rings. The SMILES string of the molecule is CCOC(=O)c1ccc2c(c1)NC(=O)/C2=C(\Nc1ccc(N(CCN)S(C)(=O)=O)cc1)c1ccccc1. The van der Waals surface area contributed by atoms with Gasteiger partial charge in [-0.2, -0.15) is 0 Å². The molecule has 0 saturated carbocycles. The fraction of sp³-hybridized carbons (Fsp3) is 0.185. The van der Waals surface area contributed by atoms with Gasteiger partial charge in [0.25, 0.3) is 5.91 Å². The van der Waals surface area contributed by atoms with E-state index in [1.54, 1.807) is 49.4 Å². The molecule has 37 heavy (non-hydrogen) atoms. The molecule has 0 spiro atoms. The third kappa shape index (κ3) is 5.65. The highest BCUT2D eigenvalue weighted by atomic mass is 32.2. The molecule has 4 N–H and O–H groups in total. The Balaban J connectivity index is 1.75. The molecule has 9 nitrogen and oxygen atoms in total. The number of rotatable bonds is 9. The minimum absolute atomic E-state index is 0.162. The summed E-state index contributed by atoms with van der Waals surface area (Å²) >= 11 is 0. The van der Waals surface area contributed by atoms with Gasteiger partial charge in [0, 0.05) is 24.3 Å². The summed E-state index contributed by atoms with van der Waals surface area (Å²) in [6, 6.07) is 21.2. The zero-order valence-electron chi connectivity index (χ0n) is 20.5. The molecule has 0 aromatic heterocycles. The zero-order valence-corrected chi connectivity index (χ0v) is 21.3. The number of carbonyl (C=O) groups is 2. The molecule has 10 heteroatoms. The summed E-state index contributed by atoms with van der Waals surface area (Å²) < 4.78 is 30.7. The summed E-state index contributed by atoms with van der Waals surface area (Å²) in [5, 5.41) is 6.18. The van der Waals surface area contributed by atoms with E-state index in [0.29, 0.717) is 39.5 Å². The van der Waals surface area contributed by atoms with Gasteiger partial charge < -0.3 is 21.1 Å². The first-order chi connectivity index (χ1) is 17.7. The van der Waals surface area contributed by atoms with Crippen molar-refractivity contribution in [1.29, 1.82) is 0 Å². The maximum atomic E-state index is 13.2. The number of benzene rings is 3. The number of ether oxygens (including phenoxy) is 1. The third-order valence-corrected chi connectivity index (χ3v) is 6.94. The Morgan fingerprint density at radius 1 is 1.03 bits per heavy atom. The number of hydrogen-bond acceptors (Lipinski definition) is 7. The molecular weight excluding hydrogens is 492 g/mol. The van der Waals surface area contributed by atoms with Gasteiger partial charge in [0.15, 0.2) is 0 Å². The second-order valence-corrected chi connectivity index (χ2v) is 10.3. The fourth-order valence-electron chi connectivity index (χ4n) is 4.11. The van der Waals surface area contributed by atoms with Crippen LogP contribution in [0, 0.1) is 0 Å². The number of nitrogens with one attached hydrogen (secondary N) is 2. The lowest BCUT2D eigenvalue weighted by Crippen LogP contribution is -2.34. The normalized spacial score (nSPS) is 14.0. The highest BCUT2D eigenvalue weighted by Crippen LogP contribution is 2.38. The Hall–Kier alpha value is -4.15. The lowest BCUT2D eigenvalue weighted by Gasteiger charge is -2.22. The van der Waals surface area contributed by atoms with Crippen molar-refractivity contribution in [1.82, 2.24) is 0 Å². The Bertz CT molecular complexity index is 1450. The average molecular weight is 521 g/mol. The van der Waals surface area contributed by atoms with E-state index in [2.05, 4.69) is 10.6 Å². The van der Waals surface area contributed by atoms with Crippen LogP contribution in [-0.4, -0.2) is 46.2 Å². The monoisotopic (exact) mass is 520 g/mol. The van der Waals surface area contributed by atoms with Crippen LogP contribution in [0.4, 0.5) is 17.1 Å². The topological polar surface area (TPSA) is 131 Å². The van der Waals surface area contributed by atoms with Gasteiger partial charge in [0.05, 0.1) is 41.1 Å². The van der Waals surface area contributed by atoms with Crippen LogP contribution in [0.2, 0.25) is 0 Å². The van der Waals surface area contributed by atoms with Gasteiger partial charge in [0.1, 0.15) is 0 Å². The van der Waals surface area contributed by atoms with Crippen molar-refractivity contribution in [3.8, 4) is 0 Å². The van der Waals surface area contributed by atoms with Crippen LogP contribution < -0.4 is 20.7 Å². The first-order valence-corrected chi connectivity index (χ1v) is 13.5. The largest absolute Gasteiger partial charge is 0.462 e. The number of amides is 1. The number of fused-ring (bicyclic) bond motifs is 1. The molecule has 0 radical (unpaired) electrons. The van der Waals surface area contributed by atoms with Crippen LogP contribution in [-0.2, 0) is 19.6 Å². The summed E-state index contributed by atoms with van der Waals surface area (Å²) in [5.74, 6) is -0.776. The van der Waals surface area contributed by atoms with Gasteiger partial charge in [-0.05, 0) is 48.9 Å². The second kappa shape index (κ2) is 10.9. The molecule has 4 rings (SSSR count). The van der Waals surface area contributed by atoms with E-state index in [1.165, 1.54) is 4.31 Å². The van der Waals surface area contributed by atoms with Crippen LogP contribution in [0.5, 0.6) is 0 Å². The minimum Gasteiger partial charge on any atom is -0.462 e. The van der Waals surface area contributed by atoms with Crippen LogP contribution >= 0.6 is 0 Å². The summed E-state index contributed by atoms with van der Waals surface area (Å²) in [5.41, 5.74) is 10.0. The first kappa shape index (κ1) is 25.9. The van der Waals surface area contributed by atoms with Crippen molar-refractivity contribution in [3.63, 3.8) is 0 Å². The number of anilines is 3. The Morgan fingerprint density at radius 2 is 1.73 bits per heavy atom. The number of sulfonamides is 1. The molecule has 0 bridgehead atoms. The quantitative estimate of drug-likeness (QED) is 0.291. The smallest absolute Gasteiger partial charge is 0.338 e. The number of nitrogens with zero attached hydrogens (tertiary/aromatic N) is 1. The number of nitrogens with two attached hydrogens (primary N) is 1. The fourth-order valence-corrected chi connectivity index (χ4v) is 5.05. The second-order valence-electron chi connectivity index (χ2n) is 8.35. The van der Waals surface area contributed by atoms with Gasteiger partial charge in [-0.1, -0.05) is 36.4 Å². The van der Waals surface area contributed by atoms with Gasteiger partial charge in [-0.15, -0.1) is 0 Å². The highest BCUT2D eigenvalue weighted by molar-refractivity contribution is 7.92. The lowest BCUT2D eigenvalue weighted by atomic mass is 9.99. The van der Waals surface area contributed by atoms with Gasteiger partial charge >= 0.3 is 5.97 Å². The molecule has 0 unspecified atom stereocenters. The molecule has 192 valence electrons. The molecule has 1 amide bonds. The maximum absolute atomic E-state index is 13.2. The van der Waals surface area contributed by atoms with E-state index >= 15 is 0 Å². The van der Waals surface area contributed by atoms with Crippen LogP contribution in [0.25, 0.3) is 11.3 Å². The van der Waals surface area contributed by atoms with E-state index in [0.717, 1.165) is 11.8 Å². The van der Waals surface area contributed by atoms with Crippen LogP contribution in [0.3, 0.4) is 0 Å². The van der Waals surface area contributed by atoms with E-state index in [9.17, 15) is 18.0 Å². The van der Waals surface area contributed by atoms with Crippen molar-refractivity contribution in [3.05, 3.63) is 89.5 Å². The predicted molar refractivity (Wildman–Crippen MR) is 146 cm³/mol. The molecule has 0 aliphatic carbocycles. The first-order valence-electron chi connectivity index (χ1n) is 11.7. The summed E-state index contributed by atoms with van der Waals surface area (Å²) in [6.45, 7) is 2.33. The van der Waals surface area contributed by atoms with E-state index < -0.39 is 16.0 Å². The van der Waals surface area contributed by atoms with E-state index in [4.69, 9.17) is 10.5 Å². The number of esters is 1. The molecule has 1 heterocycles. The van der Waals surface area contributed by atoms with Gasteiger partial charge in [0.2, 0.25) is 10.0 Å². The summed E-state index contributed by atoms with van der Waals surface area (Å²) in [6.07, 6.45) is 1.14. The van der Waals surface area contributed by atoms with Crippen molar-refractivity contribution < 1.29 is 22.7 Å². The van der Waals surface area contributed by atoms with Crippen molar-refractivity contribution >= 4 is 50.2 Å². The molecule has 1 aliphatic heterocycles. The van der Waals surface area contributed by atoms with Gasteiger partial charge in [-0.25, -0.2) is 13.2 Å². The summed E-state index contributed by atoms with van der Waals surface area (Å²) in [4.78, 5) is 25.3. The van der Waals surface area contributed by atoms with Crippen molar-refractivity contribution in [2.45, 2.75) is 6.92 Å². The minimum atomic E-state index is -3.49. The molecule has 1 aliphatic rings. The third-order valence-electron chi connectivity index (χ3n) is 5.74. The van der Waals surface area contributed by atoms with Crippen LogP contribution in [0.15, 0.2) is 72.8 Å². The van der Waals surface area contributed by atoms with Crippen LogP contribution in [0.1, 0.15) is 28.4 Å². The standard InChI is InChI=1S/C27H28N4O5S/c1-3-36-27(33)19-9-14-22-23(17-19)30-26(32)24(22)25(18-7-5-4-6-8-18)29-20-10-12-21(13-11-20)31(16-15-28)37(2,34)35/h4-14,17,29H,3,15-16,28H2,1-2H3,(H,30,32)/b25-24-. The van der Waals surface area contributed by atoms with Crippen molar-refractivity contribution in [2.75, 3.05) is 40.9 Å². The number of carbonyl (C=O) groups excluding carboxylic acids is 2. The molecular formula is C27H28N4O5S. The predicted octanol–water partition coefficient (Wildman–Crippen LogP) is 3.52. The molecule has 0 saturated heterocycles. The Morgan fingerprint density at radius 3 is 2.35 bits per heavy atom. The molecule has 0 atom stereocenters. The summed E-state index contributed by atoms with van der Waals surface area (Å²) in [7, 11) is -3.49. The highest BCUT2D eigenvalue weighted by Gasteiger charge is 2.29. The van der Waals surface area contributed by atoms with E-state index in [-0.39, 0.29) is 25.6 Å². The molecule has 3 aromatic carbocycles. The Labute approximate surface area is 216 Å². The van der Waals surface area contributed by atoms with E-state index in [1.807, 2.05) is 30.3 Å². The lowest BCUT2D eigenvalue weighted by molar-refractivity contribution is -0.110. The van der Waals surface area contributed by atoms with Gasteiger partial charge in [-0.3, -0.25) is 9.10 Å². The average Bonchev–Trinajstić information content (AvgIpc) is 3.21. The maximum Gasteiger partial charge on any atom is 0.338 e. The molecule has 3 aromatic rings. The number of hydrogen-bond donors (Lipinski definition) is 3.